The van der Waals surface area contributed by atoms with Crippen molar-refractivity contribution in [3.8, 4) is 11.3 Å². The summed E-state index contributed by atoms with van der Waals surface area (Å²) in [6, 6.07) is 8.27. The normalized spacial score (nSPS) is 13.4. The number of quaternary nitrogens is 1. The molecule has 0 unspecified atom stereocenters. The number of aromatic nitrogens is 4. The summed E-state index contributed by atoms with van der Waals surface area (Å²) < 4.78 is 2.96. The quantitative estimate of drug-likeness (QED) is 0.450. The van der Waals surface area contributed by atoms with E-state index < -0.39 is 0 Å². The summed E-state index contributed by atoms with van der Waals surface area (Å²) in [6.45, 7) is 1.27. The van der Waals surface area contributed by atoms with Crippen LogP contribution in [0.4, 0.5) is 11.5 Å². The highest BCUT2D eigenvalue weighted by atomic mass is 32.1. The molecule has 0 bridgehead atoms. The van der Waals surface area contributed by atoms with Gasteiger partial charge in [0.1, 0.15) is 0 Å². The van der Waals surface area contributed by atoms with E-state index in [2.05, 4.69) is 32.8 Å². The van der Waals surface area contributed by atoms with Crippen LogP contribution in [0.3, 0.4) is 0 Å². The predicted octanol–water partition coefficient (Wildman–Crippen LogP) is 1.18. The van der Waals surface area contributed by atoms with Gasteiger partial charge >= 0.3 is 0 Å². The molecule has 0 saturated carbocycles. The number of fused-ring (bicyclic) bond motifs is 2. The molecule has 0 aromatic carbocycles. The van der Waals surface area contributed by atoms with Gasteiger partial charge in [-0.05, 0) is 18.2 Å². The average molecular weight is 380 g/mol. The first-order valence-corrected chi connectivity index (χ1v) is 9.46. The van der Waals surface area contributed by atoms with Crippen molar-refractivity contribution in [2.45, 2.75) is 13.1 Å². The third-order valence-electron chi connectivity index (χ3n) is 4.48. The zero-order valence-electron chi connectivity index (χ0n) is 14.4. The second kappa shape index (κ2) is 6.71. The maximum atomic E-state index is 9.06. The molecule has 5 rings (SSSR count). The van der Waals surface area contributed by atoms with E-state index in [1.165, 1.54) is 15.0 Å². The fraction of sp³-hybridized carbons (Fsp3) is 0.167. The van der Waals surface area contributed by atoms with Gasteiger partial charge in [-0.25, -0.2) is 15.4 Å². The van der Waals surface area contributed by atoms with Crippen molar-refractivity contribution < 1.29 is 10.5 Å². The molecule has 0 atom stereocenters. The topological polar surface area (TPSA) is 95.7 Å². The number of anilines is 1. The fourth-order valence-corrected chi connectivity index (χ4v) is 4.19. The van der Waals surface area contributed by atoms with Gasteiger partial charge < -0.3 is 5.11 Å². The largest absolute Gasteiger partial charge is 0.394 e. The second-order valence-corrected chi connectivity index (χ2v) is 7.48. The van der Waals surface area contributed by atoms with Crippen LogP contribution in [0.15, 0.2) is 49.1 Å². The Morgan fingerprint density at radius 3 is 3.07 bits per heavy atom. The molecule has 0 fully saturated rings. The number of hydrogen-bond acceptors (Lipinski definition) is 7. The van der Waals surface area contributed by atoms with Crippen molar-refractivity contribution in [2.75, 3.05) is 11.6 Å². The minimum atomic E-state index is 0.0656. The molecular weight excluding hydrogens is 362 g/mol. The van der Waals surface area contributed by atoms with Crippen molar-refractivity contribution >= 4 is 32.9 Å². The Bertz CT molecular complexity index is 1070. The molecule has 136 valence electrons. The van der Waals surface area contributed by atoms with Gasteiger partial charge in [-0.2, -0.15) is 5.10 Å². The monoisotopic (exact) mass is 380 g/mol. The van der Waals surface area contributed by atoms with Gasteiger partial charge in [-0.1, -0.05) is 5.53 Å². The number of thiophene rings is 1. The molecule has 5 heterocycles. The van der Waals surface area contributed by atoms with Crippen molar-refractivity contribution in [3.05, 3.63) is 53.9 Å². The number of aliphatic hydroxyl groups is 1. The van der Waals surface area contributed by atoms with Gasteiger partial charge in [-0.15, -0.1) is 11.3 Å². The van der Waals surface area contributed by atoms with E-state index >= 15 is 0 Å². The Kier molecular flexibility index (Phi) is 4.06. The van der Waals surface area contributed by atoms with Gasteiger partial charge in [0.05, 0.1) is 31.6 Å². The van der Waals surface area contributed by atoms with Crippen LogP contribution in [-0.2, 0) is 13.1 Å². The Morgan fingerprint density at radius 2 is 2.19 bits per heavy atom. The molecule has 1 aliphatic heterocycles. The molecule has 0 radical (unpaired) electrons. The van der Waals surface area contributed by atoms with E-state index in [9.17, 15) is 0 Å². The first kappa shape index (κ1) is 16.3. The number of hydrazine groups is 1. The third-order valence-corrected chi connectivity index (χ3v) is 5.58. The average Bonchev–Trinajstić information content (AvgIpc) is 3.40. The van der Waals surface area contributed by atoms with E-state index in [1.807, 2.05) is 36.1 Å². The molecule has 4 aromatic rings. The number of pyridine rings is 2. The van der Waals surface area contributed by atoms with Crippen LogP contribution in [0.25, 0.3) is 21.3 Å². The highest BCUT2D eigenvalue weighted by Crippen LogP contribution is 2.30. The third kappa shape index (κ3) is 3.06. The molecule has 27 heavy (non-hydrogen) atoms. The van der Waals surface area contributed by atoms with Gasteiger partial charge in [0, 0.05) is 45.2 Å². The zero-order chi connectivity index (χ0) is 18.2. The van der Waals surface area contributed by atoms with Gasteiger partial charge in [0.25, 0.3) is 0 Å². The first-order valence-electron chi connectivity index (χ1n) is 8.64. The lowest BCUT2D eigenvalue weighted by atomic mass is 10.2. The zero-order valence-corrected chi connectivity index (χ0v) is 15.2. The van der Waals surface area contributed by atoms with Gasteiger partial charge in [0.15, 0.2) is 5.69 Å². The lowest BCUT2D eigenvalue weighted by Gasteiger charge is -2.13. The van der Waals surface area contributed by atoms with E-state index in [4.69, 9.17) is 10.1 Å². The number of nitrogens with two attached hydrogens (primary N) is 1. The summed E-state index contributed by atoms with van der Waals surface area (Å²) in [7, 11) is 0. The van der Waals surface area contributed by atoms with Crippen LogP contribution < -0.4 is 16.0 Å². The molecule has 8 nitrogen and oxygen atoms in total. The second-order valence-electron chi connectivity index (χ2n) is 6.31. The minimum absolute atomic E-state index is 0.0656. The molecule has 4 N–H and O–H groups in total. The summed E-state index contributed by atoms with van der Waals surface area (Å²) in [4.78, 5) is 10.3. The van der Waals surface area contributed by atoms with Crippen molar-refractivity contribution in [1.29, 1.82) is 0 Å². The molecule has 0 saturated heterocycles. The fourth-order valence-electron chi connectivity index (χ4n) is 3.17. The maximum absolute atomic E-state index is 9.06. The number of aliphatic hydroxyl groups excluding tert-OH is 1. The summed E-state index contributed by atoms with van der Waals surface area (Å²) in [5.41, 5.74) is 8.13. The molecule has 0 aliphatic carbocycles. The molecule has 1 aliphatic rings. The van der Waals surface area contributed by atoms with E-state index in [-0.39, 0.29) is 6.61 Å². The summed E-state index contributed by atoms with van der Waals surface area (Å²) in [6.07, 6.45) is 7.40. The number of nitrogens with one attached hydrogen (secondary N) is 1. The Labute approximate surface area is 159 Å². The van der Waals surface area contributed by atoms with E-state index in [0.717, 1.165) is 29.3 Å². The number of rotatable bonds is 5. The number of nitrogens with zero attached hydrogens (tertiary/aromatic N) is 5. The summed E-state index contributed by atoms with van der Waals surface area (Å²) >= 11 is 1.77. The van der Waals surface area contributed by atoms with Crippen LogP contribution in [0.5, 0.6) is 0 Å². The van der Waals surface area contributed by atoms with Crippen LogP contribution in [0.1, 0.15) is 4.88 Å². The van der Waals surface area contributed by atoms with Crippen molar-refractivity contribution in [1.82, 2.24) is 25.3 Å². The number of hydrogen-bond donors (Lipinski definition) is 3. The lowest BCUT2D eigenvalue weighted by Crippen LogP contribution is -2.87. The Morgan fingerprint density at radius 1 is 1.22 bits per heavy atom. The van der Waals surface area contributed by atoms with Gasteiger partial charge in [0.2, 0.25) is 5.82 Å². The lowest BCUT2D eigenvalue weighted by molar-refractivity contribution is -0.626. The predicted molar refractivity (Wildman–Crippen MR) is 103 cm³/mol. The Balaban J connectivity index is 1.43. The summed E-state index contributed by atoms with van der Waals surface area (Å²) in [5, 5.41) is 16.5. The van der Waals surface area contributed by atoms with Crippen LogP contribution in [-0.4, -0.2) is 31.5 Å². The van der Waals surface area contributed by atoms with Crippen molar-refractivity contribution in [3.63, 3.8) is 0 Å². The first-order chi connectivity index (χ1) is 13.3. The minimum Gasteiger partial charge on any atom is -0.394 e. The van der Waals surface area contributed by atoms with Crippen LogP contribution >= 0.6 is 11.3 Å². The maximum Gasteiger partial charge on any atom is 0.212 e. The van der Waals surface area contributed by atoms with E-state index in [0.29, 0.717) is 6.54 Å². The highest BCUT2D eigenvalue weighted by Gasteiger charge is 2.26. The highest BCUT2D eigenvalue weighted by molar-refractivity contribution is 7.19. The van der Waals surface area contributed by atoms with E-state index in [1.54, 1.807) is 22.2 Å². The smallest absolute Gasteiger partial charge is 0.212 e. The standard InChI is InChI=1S/C18H17N7OS/c26-6-5-24-10-13(9-20-24)15-1-2-16-18(21-15)25(23-22-16)11-14-7-12-8-19-4-3-17(12)27-14/h1-4,7-10,22-23,26H,5-6,11H2/p+1. The SMILES string of the molecule is OCCn1cc(-c2ccc3c(n2)N(Cc2cc4cnccc4s2)N[NH2+]3)cn1. The van der Waals surface area contributed by atoms with Crippen LogP contribution in [0, 0.1) is 0 Å². The summed E-state index contributed by atoms with van der Waals surface area (Å²) in [5.74, 6) is 0.901. The van der Waals surface area contributed by atoms with Crippen molar-refractivity contribution in [2.24, 2.45) is 0 Å². The molecule has 0 amide bonds. The molecule has 0 spiro atoms. The van der Waals surface area contributed by atoms with Crippen LogP contribution in [0.2, 0.25) is 0 Å². The molecule has 9 heteroatoms. The van der Waals surface area contributed by atoms with Gasteiger partial charge in [-0.3, -0.25) is 9.67 Å². The Hall–Kier alpha value is -2.85. The molecule has 4 aromatic heterocycles. The molecular formula is C18H18N7OS+.